The molecule has 3 nitrogen and oxygen atoms in total. The molecule has 0 saturated heterocycles. The molecule has 0 aliphatic heterocycles. The zero-order valence-electron chi connectivity index (χ0n) is 10.2. The summed E-state index contributed by atoms with van der Waals surface area (Å²) in [4.78, 5) is 0. The Hall–Kier alpha value is -0.610. The fraction of sp³-hybridized carbons (Fsp3) is 0.538. The average Bonchev–Trinajstić information content (AvgIpc) is 2.30. The highest BCUT2D eigenvalue weighted by molar-refractivity contribution is 6.30. The van der Waals surface area contributed by atoms with Gasteiger partial charge in [0.1, 0.15) is 0 Å². The average molecular weight is 256 g/mol. The first-order valence-electron chi connectivity index (χ1n) is 5.66. The minimum Gasteiger partial charge on any atom is -0.353 e. The van der Waals surface area contributed by atoms with Crippen molar-refractivity contribution >= 4 is 11.6 Å². The molecule has 0 atom stereocenters. The van der Waals surface area contributed by atoms with Crippen molar-refractivity contribution in [1.29, 1.82) is 0 Å². The second-order valence-corrected chi connectivity index (χ2v) is 5.10. The fourth-order valence-corrected chi connectivity index (χ4v) is 2.83. The van der Waals surface area contributed by atoms with E-state index in [1.54, 1.807) is 14.2 Å². The minimum atomic E-state index is -0.484. The number of halogens is 1. The molecule has 0 spiro atoms. The molecular formula is C13H18ClNO2. The lowest BCUT2D eigenvalue weighted by atomic mass is 9.60. The highest BCUT2D eigenvalue weighted by Crippen LogP contribution is 2.52. The number of benzene rings is 1. The third-order valence-electron chi connectivity index (χ3n) is 3.79. The maximum Gasteiger partial charge on any atom is 0.169 e. The first-order chi connectivity index (χ1) is 8.10. The van der Waals surface area contributed by atoms with Crippen molar-refractivity contribution in [3.05, 3.63) is 34.9 Å². The van der Waals surface area contributed by atoms with Crippen LogP contribution in [0.3, 0.4) is 0 Å². The van der Waals surface area contributed by atoms with Crippen LogP contribution >= 0.6 is 11.6 Å². The van der Waals surface area contributed by atoms with E-state index in [1.807, 2.05) is 18.2 Å². The van der Waals surface area contributed by atoms with Gasteiger partial charge in [-0.3, -0.25) is 0 Å². The Morgan fingerprint density at radius 1 is 1.29 bits per heavy atom. The molecule has 1 aliphatic carbocycles. The molecule has 0 radical (unpaired) electrons. The molecule has 0 bridgehead atoms. The van der Waals surface area contributed by atoms with E-state index in [0.29, 0.717) is 6.54 Å². The summed E-state index contributed by atoms with van der Waals surface area (Å²) in [6.07, 6.45) is 1.54. The zero-order valence-corrected chi connectivity index (χ0v) is 11.0. The van der Waals surface area contributed by atoms with Gasteiger partial charge in [-0.2, -0.15) is 0 Å². The molecule has 0 amide bonds. The van der Waals surface area contributed by atoms with Crippen molar-refractivity contribution in [2.45, 2.75) is 24.0 Å². The molecule has 1 fully saturated rings. The summed E-state index contributed by atoms with van der Waals surface area (Å²) in [7, 11) is 3.34. The Bertz CT molecular complexity index is 396. The Morgan fingerprint density at radius 3 is 2.41 bits per heavy atom. The lowest BCUT2D eigenvalue weighted by Gasteiger charge is -2.54. The van der Waals surface area contributed by atoms with Crippen molar-refractivity contribution in [3.63, 3.8) is 0 Å². The van der Waals surface area contributed by atoms with Crippen LogP contribution in [0.1, 0.15) is 18.4 Å². The van der Waals surface area contributed by atoms with E-state index in [-0.39, 0.29) is 5.41 Å². The van der Waals surface area contributed by atoms with Gasteiger partial charge in [-0.05, 0) is 17.7 Å². The zero-order chi connectivity index (χ0) is 12.5. The van der Waals surface area contributed by atoms with Gasteiger partial charge in [-0.1, -0.05) is 23.7 Å². The summed E-state index contributed by atoms with van der Waals surface area (Å²) in [5.74, 6) is -0.484. The van der Waals surface area contributed by atoms with Crippen molar-refractivity contribution < 1.29 is 9.47 Å². The molecule has 2 N–H and O–H groups in total. The van der Waals surface area contributed by atoms with Crippen molar-refractivity contribution in [2.24, 2.45) is 5.73 Å². The Balaban J connectivity index is 2.25. The van der Waals surface area contributed by atoms with Gasteiger partial charge < -0.3 is 15.2 Å². The second-order valence-electron chi connectivity index (χ2n) is 4.67. The lowest BCUT2D eigenvalue weighted by molar-refractivity contribution is -0.277. The number of nitrogens with two attached hydrogens (primary N) is 1. The van der Waals surface area contributed by atoms with E-state index in [1.165, 1.54) is 0 Å². The van der Waals surface area contributed by atoms with Crippen molar-refractivity contribution in [2.75, 3.05) is 20.8 Å². The SMILES string of the molecule is COC1(OC)CC(CN)(c2cccc(Cl)c2)C1. The maximum absolute atomic E-state index is 6.02. The minimum absolute atomic E-state index is 0.0725. The normalized spacial score (nSPS) is 20.9. The maximum atomic E-state index is 6.02. The number of rotatable bonds is 4. The van der Waals surface area contributed by atoms with Crippen LogP contribution in [0.5, 0.6) is 0 Å². The largest absolute Gasteiger partial charge is 0.353 e. The van der Waals surface area contributed by atoms with Gasteiger partial charge in [-0.15, -0.1) is 0 Å². The summed E-state index contributed by atoms with van der Waals surface area (Å²) in [6.45, 7) is 0.571. The Labute approximate surface area is 107 Å². The predicted molar refractivity (Wildman–Crippen MR) is 68.2 cm³/mol. The van der Waals surface area contributed by atoms with Gasteiger partial charge in [0.05, 0.1) is 0 Å². The summed E-state index contributed by atoms with van der Waals surface area (Å²) in [6, 6.07) is 7.86. The van der Waals surface area contributed by atoms with E-state index >= 15 is 0 Å². The molecule has 0 unspecified atom stereocenters. The van der Waals surface area contributed by atoms with E-state index in [0.717, 1.165) is 23.4 Å². The van der Waals surface area contributed by atoms with Crippen LogP contribution in [0, 0.1) is 0 Å². The Kier molecular flexibility index (Phi) is 3.46. The van der Waals surface area contributed by atoms with E-state index in [4.69, 9.17) is 26.8 Å². The number of hydrogen-bond acceptors (Lipinski definition) is 3. The summed E-state index contributed by atoms with van der Waals surface area (Å²) >= 11 is 6.02. The summed E-state index contributed by atoms with van der Waals surface area (Å²) < 4.78 is 10.8. The quantitative estimate of drug-likeness (QED) is 0.840. The van der Waals surface area contributed by atoms with Crippen LogP contribution in [-0.4, -0.2) is 26.6 Å². The van der Waals surface area contributed by atoms with E-state index < -0.39 is 5.79 Å². The fourth-order valence-electron chi connectivity index (χ4n) is 2.64. The highest BCUT2D eigenvalue weighted by Gasteiger charge is 2.56. The molecule has 4 heteroatoms. The molecule has 1 aromatic carbocycles. The van der Waals surface area contributed by atoms with Gasteiger partial charge in [0, 0.05) is 44.0 Å². The van der Waals surface area contributed by atoms with Crippen LogP contribution in [-0.2, 0) is 14.9 Å². The van der Waals surface area contributed by atoms with E-state index in [9.17, 15) is 0 Å². The van der Waals surface area contributed by atoms with Crippen LogP contribution < -0.4 is 5.73 Å². The summed E-state index contributed by atoms with van der Waals surface area (Å²) in [5, 5.41) is 0.739. The number of methoxy groups -OCH3 is 2. The van der Waals surface area contributed by atoms with Gasteiger partial charge in [-0.25, -0.2) is 0 Å². The van der Waals surface area contributed by atoms with Gasteiger partial charge >= 0.3 is 0 Å². The monoisotopic (exact) mass is 255 g/mol. The van der Waals surface area contributed by atoms with Crippen LogP contribution in [0.2, 0.25) is 5.02 Å². The molecule has 1 aromatic rings. The van der Waals surface area contributed by atoms with Gasteiger partial charge in [0.2, 0.25) is 0 Å². The van der Waals surface area contributed by atoms with Crippen molar-refractivity contribution in [3.8, 4) is 0 Å². The first-order valence-corrected chi connectivity index (χ1v) is 6.04. The second kappa shape index (κ2) is 4.58. The smallest absolute Gasteiger partial charge is 0.169 e. The first kappa shape index (κ1) is 12.8. The molecule has 94 valence electrons. The van der Waals surface area contributed by atoms with Gasteiger partial charge in [0.25, 0.3) is 0 Å². The molecule has 17 heavy (non-hydrogen) atoms. The molecule has 2 rings (SSSR count). The summed E-state index contributed by atoms with van der Waals surface area (Å²) in [5.41, 5.74) is 7.02. The van der Waals surface area contributed by atoms with Crippen LogP contribution in [0.4, 0.5) is 0 Å². The molecule has 0 aromatic heterocycles. The van der Waals surface area contributed by atoms with Crippen LogP contribution in [0.15, 0.2) is 24.3 Å². The van der Waals surface area contributed by atoms with Crippen LogP contribution in [0.25, 0.3) is 0 Å². The topological polar surface area (TPSA) is 44.5 Å². The molecule has 0 heterocycles. The third-order valence-corrected chi connectivity index (χ3v) is 4.02. The number of hydrogen-bond donors (Lipinski definition) is 1. The molecule has 1 aliphatic rings. The van der Waals surface area contributed by atoms with Gasteiger partial charge in [0.15, 0.2) is 5.79 Å². The molecule has 1 saturated carbocycles. The molecular weight excluding hydrogens is 238 g/mol. The van der Waals surface area contributed by atoms with E-state index in [2.05, 4.69) is 6.07 Å². The number of ether oxygens (including phenoxy) is 2. The van der Waals surface area contributed by atoms with Crippen molar-refractivity contribution in [1.82, 2.24) is 0 Å². The Morgan fingerprint density at radius 2 is 1.94 bits per heavy atom. The highest BCUT2D eigenvalue weighted by atomic mass is 35.5. The third kappa shape index (κ3) is 2.08. The predicted octanol–water partition coefficient (Wildman–Crippen LogP) is 2.32. The standard InChI is InChI=1S/C13H18ClNO2/c1-16-13(17-2)7-12(8-13,9-15)10-4-3-5-11(14)6-10/h3-6H,7-9,15H2,1-2H3. The lowest BCUT2D eigenvalue weighted by Crippen LogP contribution is -2.60.